The van der Waals surface area contributed by atoms with Crippen LogP contribution in [0.4, 0.5) is 0 Å². The molecular formula is C49H48N6O9S. The normalized spacial score (nSPS) is 16.6. The van der Waals surface area contributed by atoms with Gasteiger partial charge in [-0.3, -0.25) is 19.3 Å². The van der Waals surface area contributed by atoms with E-state index < -0.39 is 66.5 Å². The second kappa shape index (κ2) is 21.1. The molecule has 15 nitrogen and oxygen atoms in total. The quantitative estimate of drug-likeness (QED) is 0.0240. The number of allylic oxidation sites excluding steroid dienone is 1. The zero-order valence-corrected chi connectivity index (χ0v) is 36.9. The van der Waals surface area contributed by atoms with Gasteiger partial charge in [0, 0.05) is 19.9 Å². The van der Waals surface area contributed by atoms with Gasteiger partial charge in [0.05, 0.1) is 12.7 Å². The molecule has 2 unspecified atom stereocenters. The summed E-state index contributed by atoms with van der Waals surface area (Å²) in [6.07, 6.45) is -4.50. The van der Waals surface area contributed by atoms with Crippen molar-refractivity contribution in [2.45, 2.75) is 55.2 Å². The molecule has 2 N–H and O–H groups in total. The predicted molar refractivity (Wildman–Crippen MR) is 239 cm³/mol. The predicted octanol–water partition coefficient (Wildman–Crippen LogP) is 6.05. The number of aliphatic hydroxyl groups is 1. The van der Waals surface area contributed by atoms with Crippen LogP contribution in [0.25, 0.3) is 0 Å². The van der Waals surface area contributed by atoms with Crippen LogP contribution >= 0.6 is 11.8 Å². The lowest BCUT2D eigenvalue weighted by molar-refractivity contribution is -0.258. The smallest absolute Gasteiger partial charge is 0.356 e. The molecule has 5 aromatic carbocycles. The summed E-state index contributed by atoms with van der Waals surface area (Å²) in [5.74, 6) is -5.18. The summed E-state index contributed by atoms with van der Waals surface area (Å²) < 4.78 is 26.1. The molecule has 6 aromatic rings. The second-order valence-corrected chi connectivity index (χ2v) is 16.3. The van der Waals surface area contributed by atoms with Gasteiger partial charge < -0.3 is 29.4 Å². The summed E-state index contributed by atoms with van der Waals surface area (Å²) in [6.45, 7) is 2.85. The Morgan fingerprint density at radius 1 is 0.738 bits per heavy atom. The molecule has 0 spiro atoms. The number of thioether (sulfide) groups is 1. The Hall–Kier alpha value is -6.98. The van der Waals surface area contributed by atoms with Gasteiger partial charge in [-0.1, -0.05) is 163 Å². The molecular weight excluding hydrogens is 849 g/mol. The number of amides is 2. The maximum absolute atomic E-state index is 14.8. The average Bonchev–Trinajstić information content (AvgIpc) is 3.76. The minimum Gasteiger partial charge on any atom is -0.452 e. The van der Waals surface area contributed by atoms with E-state index in [0.717, 1.165) is 16.7 Å². The number of aryl methyl sites for hydroxylation is 1. The van der Waals surface area contributed by atoms with E-state index in [9.17, 15) is 24.3 Å². The largest absolute Gasteiger partial charge is 0.452 e. The van der Waals surface area contributed by atoms with Gasteiger partial charge in [0.2, 0.25) is 11.1 Å². The molecule has 16 heteroatoms. The number of carbonyl (C=O) groups excluding carboxylic acids is 4. The molecule has 2 amide bonds. The number of esters is 2. The summed E-state index contributed by atoms with van der Waals surface area (Å²) in [5, 5.41) is 25.7. The van der Waals surface area contributed by atoms with Crippen molar-refractivity contribution in [3.63, 3.8) is 0 Å². The maximum atomic E-state index is 14.8. The summed E-state index contributed by atoms with van der Waals surface area (Å²) in [7, 11) is 2.85. The summed E-state index contributed by atoms with van der Waals surface area (Å²) in [6, 6.07) is 44.8. The van der Waals surface area contributed by atoms with E-state index >= 15 is 0 Å². The lowest BCUT2D eigenvalue weighted by atomic mass is 9.92. The van der Waals surface area contributed by atoms with Crippen molar-refractivity contribution in [3.8, 4) is 0 Å². The number of carbonyl (C=O) groups is 4. The Balaban J connectivity index is 1.21. The first-order valence-electron chi connectivity index (χ1n) is 20.7. The fourth-order valence-electron chi connectivity index (χ4n) is 7.39. The monoisotopic (exact) mass is 896 g/mol. The van der Waals surface area contributed by atoms with Gasteiger partial charge in [-0.05, 0) is 57.7 Å². The van der Waals surface area contributed by atoms with Gasteiger partial charge in [-0.2, -0.15) is 0 Å². The van der Waals surface area contributed by atoms with Crippen molar-refractivity contribution in [1.29, 1.82) is 0 Å². The van der Waals surface area contributed by atoms with Crippen LogP contribution in [0, 0.1) is 0 Å². The van der Waals surface area contributed by atoms with Gasteiger partial charge in [0.15, 0.2) is 24.4 Å². The molecule has 0 saturated carbocycles. The molecule has 334 valence electrons. The molecule has 0 radical (unpaired) electrons. The van der Waals surface area contributed by atoms with Crippen LogP contribution in [-0.2, 0) is 45.2 Å². The van der Waals surface area contributed by atoms with Gasteiger partial charge in [-0.25, -0.2) is 9.48 Å². The number of tetrazole rings is 1. The van der Waals surface area contributed by atoms with Crippen LogP contribution in [0.1, 0.15) is 59.8 Å². The molecule has 7 rings (SSSR count). The van der Waals surface area contributed by atoms with Crippen molar-refractivity contribution < 1.29 is 43.2 Å². The number of benzene rings is 5. The molecule has 1 saturated heterocycles. The Labute approximate surface area is 380 Å². The summed E-state index contributed by atoms with van der Waals surface area (Å²) in [4.78, 5) is 59.7. The van der Waals surface area contributed by atoms with E-state index in [1.807, 2.05) is 121 Å². The van der Waals surface area contributed by atoms with Crippen LogP contribution in [0.5, 0.6) is 0 Å². The number of aliphatic hydroxyl groups excluding tert-OH is 1. The zero-order valence-electron chi connectivity index (χ0n) is 36.1. The molecule has 1 aromatic heterocycles. The third-order valence-electron chi connectivity index (χ3n) is 10.6. The third kappa shape index (κ3) is 10.4. The molecule has 0 aliphatic carbocycles. The molecule has 1 aliphatic rings. The van der Waals surface area contributed by atoms with E-state index in [1.165, 1.54) is 11.8 Å². The fraction of sp³-hybridized carbons (Fsp3) is 0.245. The Bertz CT molecular complexity index is 2500. The van der Waals surface area contributed by atoms with E-state index in [1.54, 1.807) is 51.2 Å². The maximum Gasteiger partial charge on any atom is 0.356 e. The minimum absolute atomic E-state index is 0.0700. The van der Waals surface area contributed by atoms with Crippen LogP contribution in [0.2, 0.25) is 0 Å². The second-order valence-electron chi connectivity index (χ2n) is 15.3. The SMILES string of the molecule is CO[C@@]1(NC(=O)C(C(=O)OC(c2ccccc2)c2ccccc2)c2ccccc2)C(=O)N(C(C(=O)OC(c2ccccc2)c2ccccc2)=C(C)C)[C@@H]1OCC(O)CSc1nnnn1C. The van der Waals surface area contributed by atoms with E-state index in [4.69, 9.17) is 18.9 Å². The summed E-state index contributed by atoms with van der Waals surface area (Å²) in [5.41, 5.74) is 0.845. The highest BCUT2D eigenvalue weighted by atomic mass is 32.2. The fourth-order valence-corrected chi connectivity index (χ4v) is 8.15. The number of nitrogens with zero attached hydrogens (tertiary/aromatic N) is 5. The Morgan fingerprint density at radius 3 is 1.63 bits per heavy atom. The lowest BCUT2D eigenvalue weighted by Gasteiger charge is -2.54. The number of hydrogen-bond acceptors (Lipinski definition) is 13. The number of aromatic nitrogens is 4. The average molecular weight is 897 g/mol. The van der Waals surface area contributed by atoms with Crippen molar-refractivity contribution in [3.05, 3.63) is 191 Å². The van der Waals surface area contributed by atoms with Gasteiger partial charge in [-0.15, -0.1) is 5.10 Å². The van der Waals surface area contributed by atoms with Gasteiger partial charge in [0.25, 0.3) is 11.6 Å². The zero-order chi connectivity index (χ0) is 45.9. The molecule has 0 bridgehead atoms. The molecule has 4 atom stereocenters. The van der Waals surface area contributed by atoms with Crippen molar-refractivity contribution in [2.24, 2.45) is 7.05 Å². The van der Waals surface area contributed by atoms with Crippen molar-refractivity contribution >= 4 is 35.5 Å². The topological polar surface area (TPSA) is 184 Å². The highest BCUT2D eigenvalue weighted by Gasteiger charge is 2.67. The Kier molecular flexibility index (Phi) is 15.0. The van der Waals surface area contributed by atoms with Crippen LogP contribution < -0.4 is 5.32 Å². The first-order chi connectivity index (χ1) is 31.5. The number of hydrogen-bond donors (Lipinski definition) is 2. The van der Waals surface area contributed by atoms with E-state index in [0.29, 0.717) is 33.0 Å². The van der Waals surface area contributed by atoms with Gasteiger partial charge in [0.1, 0.15) is 5.70 Å². The highest BCUT2D eigenvalue weighted by Crippen LogP contribution is 2.40. The van der Waals surface area contributed by atoms with Gasteiger partial charge >= 0.3 is 11.9 Å². The molecule has 2 heterocycles. The number of methoxy groups -OCH3 is 1. The standard InChI is InChI=1S/C49H48N6O9S/c1-32(2)40(45(59)64-42(36-26-16-8-17-27-36)37-28-18-9-19-29-37)55-46(60)49(61-4,47(55)62-30-38(56)31-65-48-51-52-53-54(48)3)50-43(57)39(33-20-10-5-11-21-33)44(58)63-41(34-22-12-6-13-23-34)35-24-14-7-15-25-35/h5-29,38-39,41-42,47,56H,30-31H2,1-4H3,(H,50,57)/t38?,39?,47-,49+/m1/s1. The number of rotatable bonds is 19. The first-order valence-corrected chi connectivity index (χ1v) is 21.7. The third-order valence-corrected chi connectivity index (χ3v) is 11.7. The van der Waals surface area contributed by atoms with E-state index in [-0.39, 0.29) is 17.0 Å². The number of β-lactam (4-membered cyclic amide) rings is 1. The van der Waals surface area contributed by atoms with E-state index in [2.05, 4.69) is 20.8 Å². The lowest BCUT2D eigenvalue weighted by Crippen LogP contribution is -2.82. The minimum atomic E-state index is -2.32. The number of likely N-dealkylation sites (tertiary alicyclic amines) is 1. The number of ether oxygens (including phenoxy) is 4. The molecule has 1 aliphatic heterocycles. The molecule has 65 heavy (non-hydrogen) atoms. The molecule has 1 fully saturated rings. The summed E-state index contributed by atoms with van der Waals surface area (Å²) >= 11 is 1.16. The highest BCUT2D eigenvalue weighted by molar-refractivity contribution is 7.99. The van der Waals surface area contributed by atoms with Crippen molar-refractivity contribution in [2.75, 3.05) is 19.5 Å². The van der Waals surface area contributed by atoms with Crippen LogP contribution in [0.3, 0.4) is 0 Å². The first kappa shape index (κ1) is 46.0. The number of nitrogens with one attached hydrogen (secondary N) is 1. The van der Waals surface area contributed by atoms with Crippen LogP contribution in [0.15, 0.2) is 168 Å². The Morgan fingerprint density at radius 2 is 1.20 bits per heavy atom. The van der Waals surface area contributed by atoms with Crippen molar-refractivity contribution in [1.82, 2.24) is 30.4 Å². The van der Waals surface area contributed by atoms with Crippen LogP contribution in [-0.4, -0.2) is 91.5 Å².